The molecule has 1 aromatic heterocycles. The average Bonchev–Trinajstić information content (AvgIpc) is 2.81. The largest absolute Gasteiger partial charge is 0.481 e. The average molecular weight is 237 g/mol. The first-order valence-corrected chi connectivity index (χ1v) is 5.10. The van der Waals surface area contributed by atoms with Crippen LogP contribution in [-0.2, 0) is 9.59 Å². The van der Waals surface area contributed by atoms with Crippen LogP contribution in [0.4, 0.5) is 5.95 Å². The van der Waals surface area contributed by atoms with Crippen LogP contribution >= 0.6 is 0 Å². The van der Waals surface area contributed by atoms with Crippen molar-refractivity contribution in [1.82, 2.24) is 20.6 Å². The third-order valence-corrected chi connectivity index (χ3v) is 2.67. The number of aromatic amines is 1. The highest BCUT2D eigenvalue weighted by atomic mass is 16.4. The molecule has 0 saturated carbocycles. The number of tetrazole rings is 1. The molecule has 0 aliphatic heterocycles. The van der Waals surface area contributed by atoms with Gasteiger partial charge in [-0.25, -0.2) is 0 Å². The third-order valence-electron chi connectivity index (χ3n) is 2.67. The molecule has 1 aliphatic rings. The standard InChI is InChI=1S/C9H11N5O3/c15-7(10-9-11-13-14-12-9)5-3-1-2-4-6(5)8(16)17/h1-2,5-6H,3-4H2,(H,16,17)(H2,10,11,12,13,14,15)/t5-,6-/m1/s1. The lowest BCUT2D eigenvalue weighted by atomic mass is 9.82. The van der Waals surface area contributed by atoms with Crippen molar-refractivity contribution in [3.8, 4) is 0 Å². The molecule has 0 unspecified atom stereocenters. The first kappa shape index (κ1) is 11.2. The molecule has 1 heterocycles. The van der Waals surface area contributed by atoms with E-state index in [1.54, 1.807) is 12.2 Å². The van der Waals surface area contributed by atoms with Gasteiger partial charge in [-0.3, -0.25) is 14.9 Å². The smallest absolute Gasteiger partial charge is 0.307 e. The fourth-order valence-corrected chi connectivity index (χ4v) is 1.79. The first-order chi connectivity index (χ1) is 8.18. The van der Waals surface area contributed by atoms with Crippen LogP contribution in [-0.4, -0.2) is 37.6 Å². The maximum absolute atomic E-state index is 11.9. The molecule has 1 amide bonds. The zero-order valence-electron chi connectivity index (χ0n) is 8.83. The maximum Gasteiger partial charge on any atom is 0.307 e. The van der Waals surface area contributed by atoms with Crippen molar-refractivity contribution in [2.24, 2.45) is 11.8 Å². The highest BCUT2D eigenvalue weighted by Gasteiger charge is 2.34. The molecular weight excluding hydrogens is 226 g/mol. The van der Waals surface area contributed by atoms with E-state index in [0.717, 1.165) is 0 Å². The molecule has 2 rings (SSSR count). The Morgan fingerprint density at radius 1 is 1.35 bits per heavy atom. The second-order valence-electron chi connectivity index (χ2n) is 3.72. The van der Waals surface area contributed by atoms with Crippen LogP contribution in [0.2, 0.25) is 0 Å². The van der Waals surface area contributed by atoms with E-state index in [1.165, 1.54) is 0 Å². The topological polar surface area (TPSA) is 121 Å². The quantitative estimate of drug-likeness (QED) is 0.626. The van der Waals surface area contributed by atoms with E-state index in [2.05, 4.69) is 25.9 Å². The molecule has 8 heteroatoms. The molecule has 0 fully saturated rings. The van der Waals surface area contributed by atoms with Crippen molar-refractivity contribution in [1.29, 1.82) is 0 Å². The van der Waals surface area contributed by atoms with Gasteiger partial charge < -0.3 is 5.11 Å². The van der Waals surface area contributed by atoms with E-state index in [1.807, 2.05) is 0 Å². The predicted molar refractivity (Wildman–Crippen MR) is 55.8 cm³/mol. The van der Waals surface area contributed by atoms with Gasteiger partial charge in [-0.1, -0.05) is 17.3 Å². The molecule has 17 heavy (non-hydrogen) atoms. The number of carboxylic acids is 1. The minimum absolute atomic E-state index is 0.0497. The highest BCUT2D eigenvalue weighted by molar-refractivity contribution is 5.94. The van der Waals surface area contributed by atoms with Crippen LogP contribution in [0.15, 0.2) is 12.2 Å². The third kappa shape index (κ3) is 2.47. The van der Waals surface area contributed by atoms with Crippen molar-refractivity contribution in [2.75, 3.05) is 5.32 Å². The lowest BCUT2D eigenvalue weighted by Crippen LogP contribution is -2.35. The number of carboxylic acid groups (broad SMARTS) is 1. The Hall–Kier alpha value is -2.25. The fraction of sp³-hybridized carbons (Fsp3) is 0.444. The van der Waals surface area contributed by atoms with Gasteiger partial charge in [0.1, 0.15) is 0 Å². The number of hydrogen-bond donors (Lipinski definition) is 3. The lowest BCUT2D eigenvalue weighted by molar-refractivity contribution is -0.146. The maximum atomic E-state index is 11.9. The van der Waals surface area contributed by atoms with Gasteiger partial charge in [-0.2, -0.15) is 5.21 Å². The molecule has 2 atom stereocenters. The Bertz CT molecular complexity index is 441. The summed E-state index contributed by atoms with van der Waals surface area (Å²) in [7, 11) is 0. The van der Waals surface area contributed by atoms with Gasteiger partial charge in [0.15, 0.2) is 0 Å². The van der Waals surface area contributed by atoms with Crippen LogP contribution in [0.1, 0.15) is 12.8 Å². The molecule has 0 aromatic carbocycles. The number of hydrogen-bond acceptors (Lipinski definition) is 5. The number of H-pyrrole nitrogens is 1. The van der Waals surface area contributed by atoms with Gasteiger partial charge in [-0.15, -0.1) is 5.10 Å². The number of aliphatic carboxylic acids is 1. The summed E-state index contributed by atoms with van der Waals surface area (Å²) in [5.74, 6) is -2.62. The number of allylic oxidation sites excluding steroid dienone is 2. The minimum atomic E-state index is -0.970. The number of nitrogens with one attached hydrogen (secondary N) is 2. The van der Waals surface area contributed by atoms with Gasteiger partial charge >= 0.3 is 5.97 Å². The van der Waals surface area contributed by atoms with E-state index in [0.29, 0.717) is 12.8 Å². The van der Waals surface area contributed by atoms with E-state index in [-0.39, 0.29) is 5.95 Å². The zero-order valence-corrected chi connectivity index (χ0v) is 8.83. The van der Waals surface area contributed by atoms with Gasteiger partial charge in [0, 0.05) is 0 Å². The Kier molecular flexibility index (Phi) is 3.12. The van der Waals surface area contributed by atoms with Gasteiger partial charge in [0.25, 0.3) is 5.95 Å². The van der Waals surface area contributed by atoms with Gasteiger partial charge in [0.2, 0.25) is 5.91 Å². The summed E-state index contributed by atoms with van der Waals surface area (Å²) < 4.78 is 0. The predicted octanol–water partition coefficient (Wildman–Crippen LogP) is -0.195. The van der Waals surface area contributed by atoms with Crippen LogP contribution in [0.5, 0.6) is 0 Å². The molecule has 0 spiro atoms. The Balaban J connectivity index is 2.07. The summed E-state index contributed by atoms with van der Waals surface area (Å²) in [6.07, 6.45) is 4.34. The molecule has 90 valence electrons. The summed E-state index contributed by atoms with van der Waals surface area (Å²) in [6, 6.07) is 0. The van der Waals surface area contributed by atoms with Crippen molar-refractivity contribution < 1.29 is 14.7 Å². The van der Waals surface area contributed by atoms with Crippen LogP contribution in [0.25, 0.3) is 0 Å². The molecule has 0 radical (unpaired) electrons. The van der Waals surface area contributed by atoms with Crippen molar-refractivity contribution in [3.05, 3.63) is 12.2 Å². The fourth-order valence-electron chi connectivity index (χ4n) is 1.79. The number of anilines is 1. The van der Waals surface area contributed by atoms with Crippen LogP contribution in [0, 0.1) is 11.8 Å². The summed E-state index contributed by atoms with van der Waals surface area (Å²) >= 11 is 0. The number of aromatic nitrogens is 4. The number of amides is 1. The SMILES string of the molecule is O=C(O)[C@@H]1CC=CC[C@H]1C(=O)Nc1nn[nH]n1. The Labute approximate surface area is 96.1 Å². The molecular formula is C9H11N5O3. The van der Waals surface area contributed by atoms with Gasteiger partial charge in [0.05, 0.1) is 11.8 Å². The molecule has 8 nitrogen and oxygen atoms in total. The summed E-state index contributed by atoms with van der Waals surface area (Å²) in [5, 5.41) is 24.1. The van der Waals surface area contributed by atoms with Crippen molar-refractivity contribution in [3.63, 3.8) is 0 Å². The molecule has 0 bridgehead atoms. The monoisotopic (exact) mass is 237 g/mol. The number of carbonyl (C=O) groups excluding carboxylic acids is 1. The number of nitrogens with zero attached hydrogens (tertiary/aromatic N) is 3. The van der Waals surface area contributed by atoms with Crippen LogP contribution in [0.3, 0.4) is 0 Å². The number of carbonyl (C=O) groups is 2. The molecule has 3 N–H and O–H groups in total. The highest BCUT2D eigenvalue weighted by Crippen LogP contribution is 2.26. The Morgan fingerprint density at radius 2 is 2.06 bits per heavy atom. The summed E-state index contributed by atoms with van der Waals surface area (Å²) in [4.78, 5) is 22.9. The minimum Gasteiger partial charge on any atom is -0.481 e. The summed E-state index contributed by atoms with van der Waals surface area (Å²) in [6.45, 7) is 0. The second kappa shape index (κ2) is 4.73. The van der Waals surface area contributed by atoms with E-state index >= 15 is 0 Å². The van der Waals surface area contributed by atoms with Crippen LogP contribution < -0.4 is 5.32 Å². The van der Waals surface area contributed by atoms with Crippen molar-refractivity contribution in [2.45, 2.75) is 12.8 Å². The zero-order chi connectivity index (χ0) is 12.3. The summed E-state index contributed by atoms with van der Waals surface area (Å²) in [5.41, 5.74) is 0. The van der Waals surface area contributed by atoms with E-state index < -0.39 is 23.7 Å². The molecule has 1 aromatic rings. The van der Waals surface area contributed by atoms with Crippen molar-refractivity contribution >= 4 is 17.8 Å². The normalized spacial score (nSPS) is 23.3. The van der Waals surface area contributed by atoms with Gasteiger partial charge in [-0.05, 0) is 18.1 Å². The molecule has 1 aliphatic carbocycles. The lowest BCUT2D eigenvalue weighted by Gasteiger charge is -2.23. The second-order valence-corrected chi connectivity index (χ2v) is 3.72. The van der Waals surface area contributed by atoms with E-state index in [4.69, 9.17) is 5.11 Å². The molecule has 0 saturated heterocycles. The first-order valence-electron chi connectivity index (χ1n) is 5.10. The number of rotatable bonds is 3. The Morgan fingerprint density at radius 3 is 2.65 bits per heavy atom. The van der Waals surface area contributed by atoms with E-state index in [9.17, 15) is 9.59 Å².